The SMILES string of the molecule is CNCCNCc1scc(C)c1F. The summed E-state index contributed by atoms with van der Waals surface area (Å²) in [6.45, 7) is 4.20. The summed E-state index contributed by atoms with van der Waals surface area (Å²) >= 11 is 1.48. The molecular weight excluding hydrogens is 187 g/mol. The zero-order chi connectivity index (χ0) is 9.68. The van der Waals surface area contributed by atoms with E-state index >= 15 is 0 Å². The number of aryl methyl sites for hydroxylation is 1. The van der Waals surface area contributed by atoms with Crippen LogP contribution in [-0.2, 0) is 6.54 Å². The molecule has 2 nitrogen and oxygen atoms in total. The van der Waals surface area contributed by atoms with Crippen LogP contribution in [0, 0.1) is 12.7 Å². The monoisotopic (exact) mass is 202 g/mol. The molecule has 1 aromatic rings. The van der Waals surface area contributed by atoms with Crippen LogP contribution in [0.2, 0.25) is 0 Å². The molecule has 74 valence electrons. The maximum atomic E-state index is 13.2. The van der Waals surface area contributed by atoms with Crippen molar-refractivity contribution in [1.29, 1.82) is 0 Å². The molecule has 13 heavy (non-hydrogen) atoms. The van der Waals surface area contributed by atoms with Crippen molar-refractivity contribution in [3.05, 3.63) is 21.6 Å². The fourth-order valence-corrected chi connectivity index (χ4v) is 1.89. The number of nitrogens with one attached hydrogen (secondary N) is 2. The Balaban J connectivity index is 2.32. The Kier molecular flexibility index (Phi) is 4.35. The quantitative estimate of drug-likeness (QED) is 0.707. The molecule has 0 aromatic carbocycles. The standard InChI is InChI=1S/C9H15FN2S/c1-7-6-13-8(9(7)10)5-12-4-3-11-2/h6,11-12H,3-5H2,1-2H3. The molecule has 0 aliphatic heterocycles. The van der Waals surface area contributed by atoms with Crippen LogP contribution in [0.25, 0.3) is 0 Å². The van der Waals surface area contributed by atoms with Crippen LogP contribution < -0.4 is 10.6 Å². The van der Waals surface area contributed by atoms with E-state index < -0.39 is 0 Å². The van der Waals surface area contributed by atoms with Crippen molar-refractivity contribution < 1.29 is 4.39 Å². The molecule has 2 N–H and O–H groups in total. The highest BCUT2D eigenvalue weighted by Crippen LogP contribution is 2.19. The molecule has 0 spiro atoms. The fourth-order valence-electron chi connectivity index (χ4n) is 1.02. The molecule has 0 atom stereocenters. The minimum absolute atomic E-state index is 0.0537. The number of halogens is 1. The van der Waals surface area contributed by atoms with Crippen LogP contribution in [0.3, 0.4) is 0 Å². The van der Waals surface area contributed by atoms with Gasteiger partial charge in [0.15, 0.2) is 0 Å². The Morgan fingerprint density at radius 1 is 1.46 bits per heavy atom. The number of hydrogen-bond acceptors (Lipinski definition) is 3. The smallest absolute Gasteiger partial charge is 0.141 e. The highest BCUT2D eigenvalue weighted by molar-refractivity contribution is 7.10. The Labute approximate surface area is 82.2 Å². The van der Waals surface area contributed by atoms with Gasteiger partial charge in [-0.05, 0) is 24.9 Å². The van der Waals surface area contributed by atoms with Crippen molar-refractivity contribution >= 4 is 11.3 Å². The van der Waals surface area contributed by atoms with Crippen molar-refractivity contribution in [2.45, 2.75) is 13.5 Å². The van der Waals surface area contributed by atoms with Gasteiger partial charge in [-0.3, -0.25) is 0 Å². The van der Waals surface area contributed by atoms with E-state index in [2.05, 4.69) is 10.6 Å². The van der Waals surface area contributed by atoms with Crippen LogP contribution in [0.5, 0.6) is 0 Å². The molecule has 0 radical (unpaired) electrons. The van der Waals surface area contributed by atoms with E-state index in [9.17, 15) is 4.39 Å². The van der Waals surface area contributed by atoms with Gasteiger partial charge in [-0.25, -0.2) is 4.39 Å². The number of likely N-dealkylation sites (N-methyl/N-ethyl adjacent to an activating group) is 1. The van der Waals surface area contributed by atoms with Crippen LogP contribution in [0.4, 0.5) is 4.39 Å². The summed E-state index contributed by atoms with van der Waals surface area (Å²) in [6, 6.07) is 0. The van der Waals surface area contributed by atoms with Crippen LogP contribution in [0.15, 0.2) is 5.38 Å². The first-order valence-corrected chi connectivity index (χ1v) is 5.21. The lowest BCUT2D eigenvalue weighted by atomic mass is 10.3. The maximum absolute atomic E-state index is 13.2. The third-order valence-corrected chi connectivity index (χ3v) is 2.89. The van der Waals surface area contributed by atoms with Gasteiger partial charge in [-0.15, -0.1) is 11.3 Å². The van der Waals surface area contributed by atoms with Gasteiger partial charge in [0, 0.05) is 19.6 Å². The summed E-state index contributed by atoms with van der Waals surface area (Å²) in [7, 11) is 1.90. The molecule has 0 aliphatic rings. The van der Waals surface area contributed by atoms with Gasteiger partial charge in [0.05, 0.1) is 4.88 Å². The lowest BCUT2D eigenvalue weighted by Gasteiger charge is -2.01. The van der Waals surface area contributed by atoms with Crippen LogP contribution >= 0.6 is 11.3 Å². The van der Waals surface area contributed by atoms with Gasteiger partial charge >= 0.3 is 0 Å². The zero-order valence-electron chi connectivity index (χ0n) is 7.98. The first kappa shape index (κ1) is 10.6. The van der Waals surface area contributed by atoms with Gasteiger partial charge in [-0.1, -0.05) is 0 Å². The van der Waals surface area contributed by atoms with E-state index in [1.165, 1.54) is 11.3 Å². The van der Waals surface area contributed by atoms with Crippen molar-refractivity contribution in [3.8, 4) is 0 Å². The Morgan fingerprint density at radius 3 is 2.77 bits per heavy atom. The minimum Gasteiger partial charge on any atom is -0.318 e. The van der Waals surface area contributed by atoms with Crippen molar-refractivity contribution in [2.24, 2.45) is 0 Å². The topological polar surface area (TPSA) is 24.1 Å². The molecule has 1 heterocycles. The molecule has 0 aliphatic carbocycles. The average molecular weight is 202 g/mol. The molecule has 0 saturated carbocycles. The van der Waals surface area contributed by atoms with Gasteiger partial charge in [0.25, 0.3) is 0 Å². The molecule has 1 rings (SSSR count). The average Bonchev–Trinajstić information content (AvgIpc) is 2.43. The molecule has 0 fully saturated rings. The Bertz CT molecular complexity index is 260. The second-order valence-electron chi connectivity index (χ2n) is 2.94. The lowest BCUT2D eigenvalue weighted by Crippen LogP contribution is -2.24. The second kappa shape index (κ2) is 5.32. The normalized spacial score (nSPS) is 10.7. The highest BCUT2D eigenvalue weighted by Gasteiger charge is 2.06. The largest absolute Gasteiger partial charge is 0.318 e. The van der Waals surface area contributed by atoms with E-state index in [1.54, 1.807) is 6.92 Å². The number of hydrogen-bond donors (Lipinski definition) is 2. The predicted molar refractivity (Wildman–Crippen MR) is 54.6 cm³/mol. The summed E-state index contributed by atoms with van der Waals surface area (Å²) < 4.78 is 13.2. The highest BCUT2D eigenvalue weighted by atomic mass is 32.1. The predicted octanol–water partition coefficient (Wildman–Crippen LogP) is 1.50. The molecule has 1 aromatic heterocycles. The molecule has 0 bridgehead atoms. The van der Waals surface area contributed by atoms with Crippen molar-refractivity contribution in [3.63, 3.8) is 0 Å². The van der Waals surface area contributed by atoms with Crippen LogP contribution in [0.1, 0.15) is 10.4 Å². The molecule has 0 unspecified atom stereocenters. The zero-order valence-corrected chi connectivity index (χ0v) is 8.80. The summed E-state index contributed by atoms with van der Waals surface area (Å²) in [6.07, 6.45) is 0. The van der Waals surface area contributed by atoms with Gasteiger partial charge in [0.1, 0.15) is 5.82 Å². The third-order valence-electron chi connectivity index (χ3n) is 1.81. The Morgan fingerprint density at radius 2 is 2.23 bits per heavy atom. The summed E-state index contributed by atoms with van der Waals surface area (Å²) in [5.74, 6) is -0.0537. The summed E-state index contributed by atoms with van der Waals surface area (Å²) in [5.41, 5.74) is 0.746. The summed E-state index contributed by atoms with van der Waals surface area (Å²) in [4.78, 5) is 0.800. The van der Waals surface area contributed by atoms with E-state index in [-0.39, 0.29) is 5.82 Å². The summed E-state index contributed by atoms with van der Waals surface area (Å²) in [5, 5.41) is 8.04. The second-order valence-corrected chi connectivity index (χ2v) is 3.90. The number of thiophene rings is 1. The molecule has 0 saturated heterocycles. The first-order chi connectivity index (χ1) is 6.25. The van der Waals surface area contributed by atoms with E-state index in [1.807, 2.05) is 12.4 Å². The van der Waals surface area contributed by atoms with E-state index in [0.29, 0.717) is 6.54 Å². The van der Waals surface area contributed by atoms with E-state index in [4.69, 9.17) is 0 Å². The van der Waals surface area contributed by atoms with Gasteiger partial charge in [-0.2, -0.15) is 0 Å². The van der Waals surface area contributed by atoms with Crippen molar-refractivity contribution in [2.75, 3.05) is 20.1 Å². The van der Waals surface area contributed by atoms with E-state index in [0.717, 1.165) is 23.5 Å². The fraction of sp³-hybridized carbons (Fsp3) is 0.556. The molecule has 0 amide bonds. The molecular formula is C9H15FN2S. The van der Waals surface area contributed by atoms with Crippen LogP contribution in [-0.4, -0.2) is 20.1 Å². The molecule has 4 heteroatoms. The Hall–Kier alpha value is -0.450. The minimum atomic E-state index is -0.0537. The lowest BCUT2D eigenvalue weighted by molar-refractivity contribution is 0.587. The third kappa shape index (κ3) is 3.06. The van der Waals surface area contributed by atoms with Crippen molar-refractivity contribution in [1.82, 2.24) is 10.6 Å². The number of rotatable bonds is 5. The van der Waals surface area contributed by atoms with Gasteiger partial charge in [0.2, 0.25) is 0 Å². The first-order valence-electron chi connectivity index (χ1n) is 4.33. The van der Waals surface area contributed by atoms with Gasteiger partial charge < -0.3 is 10.6 Å². The maximum Gasteiger partial charge on any atom is 0.141 e.